The summed E-state index contributed by atoms with van der Waals surface area (Å²) in [6, 6.07) is 5.56. The molecule has 0 aromatic heterocycles. The minimum absolute atomic E-state index is 0.170. The molecule has 1 aromatic rings. The Bertz CT molecular complexity index is 891. The van der Waals surface area contributed by atoms with Gasteiger partial charge in [0.1, 0.15) is 18.2 Å². The molecule has 1 saturated heterocycles. The van der Waals surface area contributed by atoms with Crippen molar-refractivity contribution < 1.29 is 23.9 Å². The fourth-order valence-corrected chi connectivity index (χ4v) is 3.12. The molecule has 2 rings (SSSR count). The molecule has 1 heterocycles. The Labute approximate surface area is 172 Å². The summed E-state index contributed by atoms with van der Waals surface area (Å²) in [5.74, 6) is -2.02. The predicted octanol–water partition coefficient (Wildman–Crippen LogP) is 2.19. The van der Waals surface area contributed by atoms with Crippen LogP contribution >= 0.6 is 11.6 Å². The Balaban J connectivity index is 1.96. The molecule has 0 radical (unpaired) electrons. The Morgan fingerprint density at radius 3 is 2.52 bits per heavy atom. The van der Waals surface area contributed by atoms with Crippen molar-refractivity contribution in [3.8, 4) is 6.07 Å². The molecule has 0 saturated carbocycles. The van der Waals surface area contributed by atoms with E-state index in [0.717, 1.165) is 4.90 Å². The Kier molecular flexibility index (Phi) is 6.82. The highest BCUT2D eigenvalue weighted by molar-refractivity contribution is 6.32. The quantitative estimate of drug-likeness (QED) is 0.514. The van der Waals surface area contributed by atoms with Crippen LogP contribution in [0.1, 0.15) is 39.2 Å². The number of nitriles is 1. The second-order valence-electron chi connectivity index (χ2n) is 6.54. The zero-order valence-corrected chi connectivity index (χ0v) is 17.0. The molecule has 1 aliphatic heterocycles. The third kappa shape index (κ3) is 4.66. The van der Waals surface area contributed by atoms with E-state index >= 15 is 0 Å². The van der Waals surface area contributed by atoms with Gasteiger partial charge in [-0.15, -0.1) is 0 Å². The molecule has 1 atom stereocenters. The van der Waals surface area contributed by atoms with Gasteiger partial charge in [-0.05, 0) is 38.0 Å². The van der Waals surface area contributed by atoms with Gasteiger partial charge in [0.2, 0.25) is 0 Å². The summed E-state index contributed by atoms with van der Waals surface area (Å²) >= 11 is 5.91. The van der Waals surface area contributed by atoms with Gasteiger partial charge in [0, 0.05) is 5.69 Å². The predicted molar refractivity (Wildman–Crippen MR) is 104 cm³/mol. The summed E-state index contributed by atoms with van der Waals surface area (Å²) in [6.45, 7) is 4.30. The number of carbonyl (C=O) groups is 4. The first-order valence-corrected chi connectivity index (χ1v) is 9.39. The fraction of sp³-hybridized carbons (Fsp3) is 0.421. The van der Waals surface area contributed by atoms with Gasteiger partial charge in [-0.1, -0.05) is 25.4 Å². The van der Waals surface area contributed by atoms with Crippen molar-refractivity contribution in [3.63, 3.8) is 0 Å². The van der Waals surface area contributed by atoms with Gasteiger partial charge in [0.05, 0.1) is 10.6 Å². The lowest BCUT2D eigenvalue weighted by Gasteiger charge is -2.23. The molecule has 29 heavy (non-hydrogen) atoms. The smallest absolute Gasteiger partial charge is 0.327 e. The molecule has 0 unspecified atom stereocenters. The second-order valence-corrected chi connectivity index (χ2v) is 6.95. The number of urea groups is 1. The number of benzene rings is 1. The van der Waals surface area contributed by atoms with Crippen LogP contribution in [-0.4, -0.2) is 46.9 Å². The summed E-state index contributed by atoms with van der Waals surface area (Å²) in [4.78, 5) is 49.7. The lowest BCUT2D eigenvalue weighted by molar-refractivity contribution is -0.155. The third-order valence-electron chi connectivity index (χ3n) is 4.77. The van der Waals surface area contributed by atoms with E-state index in [0.29, 0.717) is 18.5 Å². The lowest BCUT2D eigenvalue weighted by atomic mass is 9.93. The van der Waals surface area contributed by atoms with Crippen LogP contribution in [-0.2, 0) is 19.1 Å². The minimum Gasteiger partial charge on any atom is -0.451 e. The van der Waals surface area contributed by atoms with E-state index < -0.39 is 42.0 Å². The monoisotopic (exact) mass is 420 g/mol. The molecule has 2 N–H and O–H groups in total. The number of ether oxygens (including phenoxy) is 1. The Morgan fingerprint density at radius 2 is 2.00 bits per heavy atom. The van der Waals surface area contributed by atoms with Crippen LogP contribution in [0, 0.1) is 11.3 Å². The number of anilines is 1. The number of halogens is 1. The molecule has 1 aliphatic rings. The SMILES string of the molecule is CCC1(CC)NC(=O)N(CC(=O)O[C@H](C)C(=O)Nc2ccc(C#N)c(Cl)c2)C1=O. The van der Waals surface area contributed by atoms with Gasteiger partial charge in [-0.3, -0.25) is 19.3 Å². The fourth-order valence-electron chi connectivity index (χ4n) is 2.89. The van der Waals surface area contributed by atoms with E-state index in [9.17, 15) is 19.2 Å². The maximum atomic E-state index is 12.5. The van der Waals surface area contributed by atoms with E-state index in [4.69, 9.17) is 21.6 Å². The number of nitrogens with one attached hydrogen (secondary N) is 2. The van der Waals surface area contributed by atoms with Crippen LogP contribution in [0.4, 0.5) is 10.5 Å². The average molecular weight is 421 g/mol. The van der Waals surface area contributed by atoms with Crippen molar-refractivity contribution in [1.29, 1.82) is 5.26 Å². The van der Waals surface area contributed by atoms with Crippen LogP contribution in [0.5, 0.6) is 0 Å². The zero-order valence-electron chi connectivity index (χ0n) is 16.2. The number of hydrogen-bond acceptors (Lipinski definition) is 6. The standard InChI is InChI=1S/C19H21ClN4O5/c1-4-19(5-2)17(27)24(18(28)23-19)10-15(25)29-11(3)16(26)22-13-7-6-12(9-21)14(20)8-13/h6-8,11H,4-5,10H2,1-3H3,(H,22,26)(H,23,28)/t11-/m1/s1. The molecule has 0 spiro atoms. The molecule has 10 heteroatoms. The Hall–Kier alpha value is -3.12. The van der Waals surface area contributed by atoms with Gasteiger partial charge >= 0.3 is 12.0 Å². The van der Waals surface area contributed by atoms with Crippen LogP contribution < -0.4 is 10.6 Å². The topological polar surface area (TPSA) is 129 Å². The van der Waals surface area contributed by atoms with Crippen molar-refractivity contribution in [2.45, 2.75) is 45.3 Å². The maximum Gasteiger partial charge on any atom is 0.327 e. The maximum absolute atomic E-state index is 12.5. The number of carbonyl (C=O) groups excluding carboxylic acids is 4. The normalized spacial score (nSPS) is 16.0. The van der Waals surface area contributed by atoms with E-state index in [2.05, 4.69) is 10.6 Å². The number of rotatable bonds is 7. The third-order valence-corrected chi connectivity index (χ3v) is 5.09. The molecule has 1 fully saturated rings. The summed E-state index contributed by atoms with van der Waals surface area (Å²) in [5, 5.41) is 14.2. The first-order chi connectivity index (χ1) is 13.7. The number of amides is 4. The van der Waals surface area contributed by atoms with Crippen molar-refractivity contribution in [2.24, 2.45) is 0 Å². The van der Waals surface area contributed by atoms with Gasteiger partial charge in [0.25, 0.3) is 11.8 Å². The minimum atomic E-state index is -1.18. The van der Waals surface area contributed by atoms with Gasteiger partial charge < -0.3 is 15.4 Å². The van der Waals surface area contributed by atoms with Crippen LogP contribution in [0.25, 0.3) is 0 Å². The van der Waals surface area contributed by atoms with Gasteiger partial charge in [0.15, 0.2) is 6.10 Å². The highest BCUT2D eigenvalue weighted by Gasteiger charge is 2.49. The summed E-state index contributed by atoms with van der Waals surface area (Å²) in [7, 11) is 0. The molecular weight excluding hydrogens is 400 g/mol. The number of esters is 1. The summed E-state index contributed by atoms with van der Waals surface area (Å²) < 4.78 is 5.04. The lowest BCUT2D eigenvalue weighted by Crippen LogP contribution is -2.46. The molecule has 0 bridgehead atoms. The molecule has 9 nitrogen and oxygen atoms in total. The van der Waals surface area contributed by atoms with Crippen molar-refractivity contribution in [1.82, 2.24) is 10.2 Å². The van der Waals surface area contributed by atoms with Gasteiger partial charge in [-0.25, -0.2) is 4.79 Å². The number of imide groups is 1. The van der Waals surface area contributed by atoms with Crippen LogP contribution in [0.2, 0.25) is 5.02 Å². The zero-order chi connectivity index (χ0) is 21.8. The van der Waals surface area contributed by atoms with E-state index in [-0.39, 0.29) is 10.6 Å². The first-order valence-electron chi connectivity index (χ1n) is 9.01. The first kappa shape index (κ1) is 22.2. The van der Waals surface area contributed by atoms with Crippen molar-refractivity contribution in [2.75, 3.05) is 11.9 Å². The van der Waals surface area contributed by atoms with E-state index in [1.165, 1.54) is 25.1 Å². The Morgan fingerprint density at radius 1 is 1.34 bits per heavy atom. The molecule has 0 aliphatic carbocycles. The van der Waals surface area contributed by atoms with Crippen LogP contribution in [0.15, 0.2) is 18.2 Å². The van der Waals surface area contributed by atoms with E-state index in [1.54, 1.807) is 13.8 Å². The summed E-state index contributed by atoms with van der Waals surface area (Å²) in [6.07, 6.45) is -0.392. The van der Waals surface area contributed by atoms with Gasteiger partial charge in [-0.2, -0.15) is 5.26 Å². The average Bonchev–Trinajstić information content (AvgIpc) is 2.92. The van der Waals surface area contributed by atoms with Crippen molar-refractivity contribution in [3.05, 3.63) is 28.8 Å². The molecular formula is C19H21ClN4O5. The second kappa shape index (κ2) is 8.92. The highest BCUT2D eigenvalue weighted by atomic mass is 35.5. The number of hydrogen-bond donors (Lipinski definition) is 2. The van der Waals surface area contributed by atoms with Crippen molar-refractivity contribution >= 4 is 41.1 Å². The molecule has 154 valence electrons. The number of nitrogens with zero attached hydrogens (tertiary/aromatic N) is 2. The molecule has 4 amide bonds. The highest BCUT2D eigenvalue weighted by Crippen LogP contribution is 2.25. The van der Waals surface area contributed by atoms with Crippen LogP contribution in [0.3, 0.4) is 0 Å². The molecule has 1 aromatic carbocycles. The summed E-state index contributed by atoms with van der Waals surface area (Å²) in [5.41, 5.74) is -0.436. The largest absolute Gasteiger partial charge is 0.451 e. The van der Waals surface area contributed by atoms with E-state index in [1.807, 2.05) is 6.07 Å².